The predicted molar refractivity (Wildman–Crippen MR) is 73.0 cm³/mol. The first kappa shape index (κ1) is 13.2. The number of benzene rings is 1. The van der Waals surface area contributed by atoms with E-state index in [1.807, 2.05) is 11.9 Å². The van der Waals surface area contributed by atoms with Gasteiger partial charge in [0.15, 0.2) is 0 Å². The quantitative estimate of drug-likeness (QED) is 0.460. The number of amides is 1. The second kappa shape index (κ2) is 4.96. The van der Waals surface area contributed by atoms with Crippen LogP contribution in [0.15, 0.2) is 24.3 Å². The van der Waals surface area contributed by atoms with Gasteiger partial charge in [-0.25, -0.2) is 0 Å². The number of nitrogens with zero attached hydrogens (tertiary/aromatic N) is 2. The first-order valence-corrected chi connectivity index (χ1v) is 9.82. The summed E-state index contributed by atoms with van der Waals surface area (Å²) < 4.78 is 2.56. The van der Waals surface area contributed by atoms with Crippen LogP contribution in [0, 0.1) is 6.92 Å². The van der Waals surface area contributed by atoms with Crippen LogP contribution in [0.2, 0.25) is 0 Å². The fraction of sp³-hybridized carbons (Fsp3) is 0.533. The van der Waals surface area contributed by atoms with Crippen molar-refractivity contribution in [2.24, 2.45) is 0 Å². The molecular weight excluding hydrogens is 351 g/mol. The van der Waals surface area contributed by atoms with E-state index in [1.54, 1.807) is 0 Å². The molecule has 0 aliphatic carbocycles. The zero-order valence-corrected chi connectivity index (χ0v) is 13.7. The Kier molecular flexibility index (Phi) is 3.45. The molecule has 2 fully saturated rings. The van der Waals surface area contributed by atoms with E-state index in [-0.39, 0.29) is 5.54 Å². The third-order valence-electron chi connectivity index (χ3n) is 4.24. The summed E-state index contributed by atoms with van der Waals surface area (Å²) in [7, 11) is 1.93. The molecule has 0 atom stereocenters. The zero-order valence-electron chi connectivity index (χ0n) is 11.5. The Balaban J connectivity index is 1.98. The van der Waals surface area contributed by atoms with Crippen LogP contribution in [0.25, 0.3) is 0 Å². The number of rotatable bonds is 1. The topological polar surface area (TPSA) is 23.6 Å². The Labute approximate surface area is 125 Å². The second-order valence-electron chi connectivity index (χ2n) is 5.51. The summed E-state index contributed by atoms with van der Waals surface area (Å²) in [5, 5.41) is 0. The third kappa shape index (κ3) is 2.14. The number of carbonyl (C=O) groups is 1. The SMILES string of the molecule is Cc1ccc(N2CN(C)C(=O)C23CC[I-]CC3)cc1. The van der Waals surface area contributed by atoms with Gasteiger partial charge in [-0.1, -0.05) is 0 Å². The van der Waals surface area contributed by atoms with Crippen LogP contribution < -0.4 is 26.1 Å². The van der Waals surface area contributed by atoms with Crippen molar-refractivity contribution in [3.05, 3.63) is 29.8 Å². The fourth-order valence-corrected chi connectivity index (χ4v) is 6.17. The molecule has 1 amide bonds. The molecule has 3 nitrogen and oxygen atoms in total. The first-order valence-electron chi connectivity index (χ1n) is 6.77. The summed E-state index contributed by atoms with van der Waals surface area (Å²) in [6.07, 6.45) is 2.11. The molecular formula is C15H20IN2O-. The molecule has 0 N–H and O–H groups in total. The van der Waals surface area contributed by atoms with Gasteiger partial charge in [-0.15, -0.1) is 0 Å². The van der Waals surface area contributed by atoms with Crippen molar-refractivity contribution in [2.75, 3.05) is 27.5 Å². The monoisotopic (exact) mass is 371 g/mol. The van der Waals surface area contributed by atoms with Crippen LogP contribution in [-0.4, -0.2) is 38.9 Å². The van der Waals surface area contributed by atoms with Crippen molar-refractivity contribution in [2.45, 2.75) is 25.3 Å². The Bertz CT molecular complexity index is 479. The van der Waals surface area contributed by atoms with Crippen molar-refractivity contribution >= 4 is 11.6 Å². The average molecular weight is 371 g/mol. The van der Waals surface area contributed by atoms with E-state index in [0.717, 1.165) is 19.5 Å². The van der Waals surface area contributed by atoms with Crippen LogP contribution in [0.1, 0.15) is 18.4 Å². The number of carbonyl (C=O) groups excluding carboxylic acids is 1. The minimum atomic E-state index is -0.234. The van der Waals surface area contributed by atoms with Crippen molar-refractivity contribution in [1.82, 2.24) is 4.90 Å². The number of hydrogen-bond acceptors (Lipinski definition) is 2. The van der Waals surface area contributed by atoms with Gasteiger partial charge in [-0.05, 0) is 0 Å². The Hall–Kier alpha value is -0.780. The second-order valence-corrected chi connectivity index (χ2v) is 8.74. The number of likely N-dealkylation sites (N-methyl/N-ethyl adjacent to an activating group) is 1. The normalized spacial score (nSPS) is 22.7. The van der Waals surface area contributed by atoms with Gasteiger partial charge in [0.1, 0.15) is 0 Å². The van der Waals surface area contributed by atoms with Crippen molar-refractivity contribution in [3.8, 4) is 0 Å². The van der Waals surface area contributed by atoms with E-state index in [4.69, 9.17) is 0 Å². The van der Waals surface area contributed by atoms with E-state index in [0.29, 0.717) is 27.1 Å². The molecule has 0 bridgehead atoms. The zero-order chi connectivity index (χ0) is 13.5. The summed E-state index contributed by atoms with van der Waals surface area (Å²) in [6, 6.07) is 8.60. The van der Waals surface area contributed by atoms with E-state index in [9.17, 15) is 4.79 Å². The number of alkyl halides is 2. The molecule has 0 unspecified atom stereocenters. The van der Waals surface area contributed by atoms with E-state index in [1.165, 1.54) is 20.1 Å². The van der Waals surface area contributed by atoms with Crippen molar-refractivity contribution in [1.29, 1.82) is 0 Å². The summed E-state index contributed by atoms with van der Waals surface area (Å²) in [6.45, 7) is 2.84. The molecule has 1 spiro atoms. The molecule has 104 valence electrons. The van der Waals surface area contributed by atoms with E-state index >= 15 is 0 Å². The molecule has 0 aromatic heterocycles. The van der Waals surface area contributed by atoms with Crippen LogP contribution in [0.5, 0.6) is 0 Å². The maximum atomic E-state index is 12.6. The predicted octanol–water partition coefficient (Wildman–Crippen LogP) is -1.15. The van der Waals surface area contributed by atoms with Gasteiger partial charge in [0.2, 0.25) is 0 Å². The van der Waals surface area contributed by atoms with Gasteiger partial charge in [0.05, 0.1) is 0 Å². The van der Waals surface area contributed by atoms with Crippen LogP contribution in [-0.2, 0) is 4.79 Å². The van der Waals surface area contributed by atoms with Crippen LogP contribution in [0.4, 0.5) is 5.69 Å². The molecule has 2 aliphatic rings. The van der Waals surface area contributed by atoms with E-state index in [2.05, 4.69) is 36.1 Å². The molecule has 19 heavy (non-hydrogen) atoms. The molecule has 2 aliphatic heterocycles. The summed E-state index contributed by atoms with van der Waals surface area (Å²) in [5.41, 5.74) is 2.23. The molecule has 0 saturated carbocycles. The maximum absolute atomic E-state index is 12.6. The fourth-order valence-electron chi connectivity index (χ4n) is 3.09. The van der Waals surface area contributed by atoms with Crippen LogP contribution >= 0.6 is 0 Å². The van der Waals surface area contributed by atoms with Crippen LogP contribution in [0.3, 0.4) is 0 Å². The summed E-state index contributed by atoms with van der Waals surface area (Å²) >= 11 is 0.344. The number of anilines is 1. The van der Waals surface area contributed by atoms with Crippen molar-refractivity contribution < 1.29 is 26.0 Å². The van der Waals surface area contributed by atoms with Gasteiger partial charge < -0.3 is 0 Å². The summed E-state index contributed by atoms with van der Waals surface area (Å²) in [4.78, 5) is 16.9. The molecule has 0 radical (unpaired) electrons. The number of aryl methyl sites for hydroxylation is 1. The standard InChI is InChI=1S/C15H20IN2O/c1-12-3-5-13(6-4-12)18-11-17(2)14(19)15(18)7-9-16-10-8-15/h3-6H,7-11H2,1-2H3/q-1. The number of halogens is 1. The first-order chi connectivity index (χ1) is 9.13. The average Bonchev–Trinajstić information content (AvgIpc) is 2.66. The van der Waals surface area contributed by atoms with Gasteiger partial charge >= 0.3 is 125 Å². The summed E-state index contributed by atoms with van der Waals surface area (Å²) in [5.74, 6) is 0.330. The molecule has 4 heteroatoms. The molecule has 1 aromatic carbocycles. The molecule has 2 saturated heterocycles. The number of hydrogen-bond donors (Lipinski definition) is 0. The van der Waals surface area contributed by atoms with Gasteiger partial charge in [-0.3, -0.25) is 0 Å². The Morgan fingerprint density at radius 1 is 1.16 bits per heavy atom. The van der Waals surface area contributed by atoms with Gasteiger partial charge in [0, 0.05) is 0 Å². The van der Waals surface area contributed by atoms with E-state index < -0.39 is 0 Å². The van der Waals surface area contributed by atoms with Gasteiger partial charge in [0.25, 0.3) is 0 Å². The van der Waals surface area contributed by atoms with Gasteiger partial charge in [-0.2, -0.15) is 0 Å². The third-order valence-corrected chi connectivity index (χ3v) is 6.85. The Morgan fingerprint density at radius 2 is 1.79 bits per heavy atom. The Morgan fingerprint density at radius 3 is 2.42 bits per heavy atom. The molecule has 3 rings (SSSR count). The van der Waals surface area contributed by atoms with Crippen molar-refractivity contribution in [3.63, 3.8) is 0 Å². The molecule has 2 heterocycles. The minimum absolute atomic E-state index is 0.234. The molecule has 1 aromatic rings.